The van der Waals surface area contributed by atoms with Crippen LogP contribution in [0.25, 0.3) is 0 Å². The maximum atomic E-state index is 11.5. The number of halogens is 1. The van der Waals surface area contributed by atoms with Crippen LogP contribution in [0.1, 0.15) is 44.9 Å². The summed E-state index contributed by atoms with van der Waals surface area (Å²) in [7, 11) is 0. The first-order valence-corrected chi connectivity index (χ1v) is 7.06. The first kappa shape index (κ1) is 11.4. The van der Waals surface area contributed by atoms with Crippen molar-refractivity contribution >= 4 is 21.8 Å². The molecule has 0 spiro atoms. The van der Waals surface area contributed by atoms with E-state index in [4.69, 9.17) is 0 Å². The molecule has 0 aromatic rings. The Labute approximate surface area is 100 Å². The summed E-state index contributed by atoms with van der Waals surface area (Å²) < 4.78 is 0. The summed E-state index contributed by atoms with van der Waals surface area (Å²) in [6.07, 6.45) is 8.41. The van der Waals surface area contributed by atoms with Gasteiger partial charge in [-0.1, -0.05) is 22.4 Å². The van der Waals surface area contributed by atoms with E-state index in [1.54, 1.807) is 0 Å². The van der Waals surface area contributed by atoms with Crippen LogP contribution in [-0.2, 0) is 4.79 Å². The number of hydrogen-bond donors (Lipinski definition) is 1. The zero-order chi connectivity index (χ0) is 10.7. The third-order valence-electron chi connectivity index (χ3n) is 3.48. The van der Waals surface area contributed by atoms with Crippen molar-refractivity contribution in [1.29, 1.82) is 0 Å². The molecule has 0 aliphatic heterocycles. The molecule has 0 radical (unpaired) electrons. The van der Waals surface area contributed by atoms with E-state index >= 15 is 0 Å². The van der Waals surface area contributed by atoms with Gasteiger partial charge in [0, 0.05) is 17.8 Å². The zero-order valence-corrected chi connectivity index (χ0v) is 10.8. The second-order valence-corrected chi connectivity index (χ2v) is 6.38. The standard InChI is InChI=1S/C12H20BrNO/c13-11-3-1-2-10(6-11)8-14-12(15)7-9-4-5-9/h9-11H,1-8H2,(H,14,15). The zero-order valence-electron chi connectivity index (χ0n) is 9.18. The van der Waals surface area contributed by atoms with Gasteiger partial charge in [-0.2, -0.15) is 0 Å². The van der Waals surface area contributed by atoms with Gasteiger partial charge in [0.1, 0.15) is 0 Å². The first-order valence-electron chi connectivity index (χ1n) is 6.15. The molecule has 0 aromatic heterocycles. The Morgan fingerprint density at radius 3 is 2.67 bits per heavy atom. The van der Waals surface area contributed by atoms with E-state index in [0.717, 1.165) is 13.0 Å². The number of rotatable bonds is 4. The second-order valence-electron chi connectivity index (χ2n) is 5.08. The molecule has 15 heavy (non-hydrogen) atoms. The molecule has 3 heteroatoms. The fraction of sp³-hybridized carbons (Fsp3) is 0.917. The van der Waals surface area contributed by atoms with Crippen LogP contribution in [0.2, 0.25) is 0 Å². The Morgan fingerprint density at radius 2 is 2.00 bits per heavy atom. The third kappa shape index (κ3) is 4.13. The van der Waals surface area contributed by atoms with Crippen molar-refractivity contribution in [1.82, 2.24) is 5.32 Å². The van der Waals surface area contributed by atoms with Crippen molar-refractivity contribution < 1.29 is 4.79 Å². The average Bonchev–Trinajstić information content (AvgIpc) is 2.99. The maximum Gasteiger partial charge on any atom is 0.220 e. The van der Waals surface area contributed by atoms with E-state index < -0.39 is 0 Å². The Hall–Kier alpha value is -0.0500. The van der Waals surface area contributed by atoms with Crippen molar-refractivity contribution in [2.24, 2.45) is 11.8 Å². The topological polar surface area (TPSA) is 29.1 Å². The number of amides is 1. The minimum atomic E-state index is 0.272. The van der Waals surface area contributed by atoms with Crippen LogP contribution in [0.4, 0.5) is 0 Å². The predicted octanol–water partition coefficient (Wildman–Crippen LogP) is 2.86. The molecule has 86 valence electrons. The lowest BCUT2D eigenvalue weighted by molar-refractivity contribution is -0.121. The summed E-state index contributed by atoms with van der Waals surface area (Å²) in [6.45, 7) is 0.896. The highest BCUT2D eigenvalue weighted by Gasteiger charge is 2.25. The largest absolute Gasteiger partial charge is 0.356 e. The van der Waals surface area contributed by atoms with Gasteiger partial charge in [0.25, 0.3) is 0 Å². The van der Waals surface area contributed by atoms with Crippen molar-refractivity contribution in [3.8, 4) is 0 Å². The molecule has 2 aliphatic rings. The Morgan fingerprint density at radius 1 is 1.20 bits per heavy atom. The summed E-state index contributed by atoms with van der Waals surface area (Å²) in [4.78, 5) is 12.2. The minimum absolute atomic E-state index is 0.272. The molecule has 2 unspecified atom stereocenters. The number of alkyl halides is 1. The van der Waals surface area contributed by atoms with Gasteiger partial charge in [-0.3, -0.25) is 4.79 Å². The third-order valence-corrected chi connectivity index (χ3v) is 4.31. The van der Waals surface area contributed by atoms with Gasteiger partial charge in [-0.25, -0.2) is 0 Å². The van der Waals surface area contributed by atoms with Crippen molar-refractivity contribution in [2.75, 3.05) is 6.54 Å². The minimum Gasteiger partial charge on any atom is -0.356 e. The highest BCUT2D eigenvalue weighted by Crippen LogP contribution is 2.32. The van der Waals surface area contributed by atoms with Crippen LogP contribution in [0.15, 0.2) is 0 Å². The Balaban J connectivity index is 1.61. The monoisotopic (exact) mass is 273 g/mol. The molecule has 2 aliphatic carbocycles. The highest BCUT2D eigenvalue weighted by molar-refractivity contribution is 9.09. The molecule has 0 saturated heterocycles. The van der Waals surface area contributed by atoms with Crippen molar-refractivity contribution in [2.45, 2.75) is 49.8 Å². The SMILES string of the molecule is O=C(CC1CC1)NCC1CCCC(Br)C1. The molecule has 2 atom stereocenters. The number of hydrogen-bond acceptors (Lipinski definition) is 1. The van der Waals surface area contributed by atoms with Crippen LogP contribution >= 0.6 is 15.9 Å². The van der Waals surface area contributed by atoms with Gasteiger partial charge in [0.05, 0.1) is 0 Å². The molecule has 0 heterocycles. The van der Waals surface area contributed by atoms with Crippen LogP contribution in [-0.4, -0.2) is 17.3 Å². The van der Waals surface area contributed by atoms with Crippen LogP contribution in [0.3, 0.4) is 0 Å². The van der Waals surface area contributed by atoms with E-state index in [1.165, 1.54) is 38.5 Å². The van der Waals surface area contributed by atoms with E-state index in [1.807, 2.05) is 0 Å². The van der Waals surface area contributed by atoms with Gasteiger partial charge in [0.15, 0.2) is 0 Å². The molecule has 1 N–H and O–H groups in total. The summed E-state index contributed by atoms with van der Waals surface area (Å²) in [5, 5.41) is 3.08. The Kier molecular flexibility index (Phi) is 4.06. The average molecular weight is 274 g/mol. The lowest BCUT2D eigenvalue weighted by Crippen LogP contribution is -2.32. The van der Waals surface area contributed by atoms with E-state index in [0.29, 0.717) is 16.7 Å². The van der Waals surface area contributed by atoms with E-state index in [9.17, 15) is 4.79 Å². The molecular weight excluding hydrogens is 254 g/mol. The number of carbonyl (C=O) groups excluding carboxylic acids is 1. The van der Waals surface area contributed by atoms with Gasteiger partial charge in [-0.05, 0) is 43.9 Å². The molecular formula is C12H20BrNO. The quantitative estimate of drug-likeness (QED) is 0.785. The van der Waals surface area contributed by atoms with E-state index in [2.05, 4.69) is 21.2 Å². The molecule has 0 aromatic carbocycles. The van der Waals surface area contributed by atoms with Gasteiger partial charge < -0.3 is 5.32 Å². The van der Waals surface area contributed by atoms with Gasteiger partial charge >= 0.3 is 0 Å². The summed E-state index contributed by atoms with van der Waals surface area (Å²) in [6, 6.07) is 0. The van der Waals surface area contributed by atoms with Crippen molar-refractivity contribution in [3.05, 3.63) is 0 Å². The van der Waals surface area contributed by atoms with Gasteiger partial charge in [-0.15, -0.1) is 0 Å². The summed E-state index contributed by atoms with van der Waals surface area (Å²) in [5.74, 6) is 1.68. The lowest BCUT2D eigenvalue weighted by atomic mass is 9.89. The molecule has 1 amide bonds. The summed E-state index contributed by atoms with van der Waals surface area (Å²) in [5.41, 5.74) is 0. The Bertz CT molecular complexity index is 228. The molecule has 2 rings (SSSR count). The molecule has 2 fully saturated rings. The number of nitrogens with one attached hydrogen (secondary N) is 1. The normalized spacial score (nSPS) is 31.3. The van der Waals surface area contributed by atoms with Crippen molar-refractivity contribution in [3.63, 3.8) is 0 Å². The summed E-state index contributed by atoms with van der Waals surface area (Å²) >= 11 is 3.67. The molecule has 2 saturated carbocycles. The highest BCUT2D eigenvalue weighted by atomic mass is 79.9. The van der Waals surface area contributed by atoms with Crippen LogP contribution in [0.5, 0.6) is 0 Å². The van der Waals surface area contributed by atoms with Gasteiger partial charge in [0.2, 0.25) is 5.91 Å². The smallest absolute Gasteiger partial charge is 0.220 e. The molecule has 0 bridgehead atoms. The fourth-order valence-corrected chi connectivity index (χ4v) is 3.18. The fourth-order valence-electron chi connectivity index (χ4n) is 2.33. The van der Waals surface area contributed by atoms with Crippen LogP contribution in [0, 0.1) is 11.8 Å². The first-order chi connectivity index (χ1) is 7.24. The molecule has 2 nitrogen and oxygen atoms in total. The second kappa shape index (κ2) is 5.33. The number of carbonyl (C=O) groups is 1. The predicted molar refractivity (Wildman–Crippen MR) is 65.0 cm³/mol. The van der Waals surface area contributed by atoms with E-state index in [-0.39, 0.29) is 5.91 Å². The maximum absolute atomic E-state index is 11.5. The van der Waals surface area contributed by atoms with Crippen LogP contribution < -0.4 is 5.32 Å². The lowest BCUT2D eigenvalue weighted by Gasteiger charge is -2.25.